The summed E-state index contributed by atoms with van der Waals surface area (Å²) in [6.45, 7) is 12.6. The van der Waals surface area contributed by atoms with Crippen LogP contribution in [0.4, 0.5) is 4.79 Å². The highest BCUT2D eigenvalue weighted by Gasteiger charge is 2.51. The number of ether oxygens (including phenoxy) is 2. The van der Waals surface area contributed by atoms with Crippen LogP contribution in [0.25, 0.3) is 11.1 Å². The molecule has 2 atom stereocenters. The van der Waals surface area contributed by atoms with Crippen LogP contribution in [0.5, 0.6) is 0 Å². The van der Waals surface area contributed by atoms with E-state index in [1.54, 1.807) is 0 Å². The minimum absolute atomic E-state index is 0.0184. The number of morpholine rings is 1. The molecule has 0 saturated carbocycles. The van der Waals surface area contributed by atoms with Gasteiger partial charge in [0.25, 0.3) is 0 Å². The Morgan fingerprint density at radius 3 is 1.95 bits per heavy atom. The number of aliphatic hydroxyl groups is 1. The molecule has 3 aromatic carbocycles. The van der Waals surface area contributed by atoms with E-state index in [-0.39, 0.29) is 34.9 Å². The third kappa shape index (κ3) is 4.31. The van der Waals surface area contributed by atoms with Gasteiger partial charge in [-0.2, -0.15) is 0 Å². The Morgan fingerprint density at radius 2 is 1.38 bits per heavy atom. The number of rotatable bonds is 3. The lowest BCUT2D eigenvalue weighted by atomic mass is 9.61. The average Bonchev–Trinajstić information content (AvgIpc) is 3.27. The quantitative estimate of drug-likeness (QED) is 0.361. The van der Waals surface area contributed by atoms with Gasteiger partial charge in [-0.25, -0.2) is 4.79 Å². The largest absolute Gasteiger partial charge is 0.448 e. The van der Waals surface area contributed by atoms with Gasteiger partial charge in [0.15, 0.2) is 0 Å². The van der Waals surface area contributed by atoms with Crippen molar-refractivity contribution >= 4 is 6.09 Å². The van der Waals surface area contributed by atoms with E-state index >= 15 is 0 Å². The number of amides is 1. The van der Waals surface area contributed by atoms with Crippen LogP contribution >= 0.6 is 0 Å². The minimum Gasteiger partial charge on any atom is -0.448 e. The summed E-state index contributed by atoms with van der Waals surface area (Å²) < 4.78 is 12.0. The van der Waals surface area contributed by atoms with Crippen molar-refractivity contribution in [2.75, 3.05) is 19.8 Å². The normalized spacial score (nSPS) is 27.1. The van der Waals surface area contributed by atoms with Crippen molar-refractivity contribution in [2.24, 2.45) is 0 Å². The fourth-order valence-corrected chi connectivity index (χ4v) is 8.39. The number of piperidine rings is 1. The summed E-state index contributed by atoms with van der Waals surface area (Å²) in [5.41, 5.74) is 8.91. The monoisotopic (exact) mass is 565 g/mol. The second-order valence-corrected chi connectivity index (χ2v) is 14.5. The first-order valence-electron chi connectivity index (χ1n) is 15.6. The highest BCUT2D eigenvalue weighted by molar-refractivity contribution is 5.79. The van der Waals surface area contributed by atoms with Crippen molar-refractivity contribution in [3.63, 3.8) is 0 Å². The molecule has 2 aliphatic carbocycles. The maximum absolute atomic E-state index is 13.7. The van der Waals surface area contributed by atoms with Crippen LogP contribution in [0.15, 0.2) is 60.7 Å². The molecule has 2 heterocycles. The Labute approximate surface area is 249 Å². The third-order valence-corrected chi connectivity index (χ3v) is 10.8. The first kappa shape index (κ1) is 27.7. The molecule has 2 unspecified atom stereocenters. The summed E-state index contributed by atoms with van der Waals surface area (Å²) >= 11 is 0. The number of benzene rings is 3. The van der Waals surface area contributed by atoms with Gasteiger partial charge in [0.1, 0.15) is 6.61 Å². The van der Waals surface area contributed by atoms with Gasteiger partial charge in [0.2, 0.25) is 0 Å². The van der Waals surface area contributed by atoms with E-state index in [9.17, 15) is 9.90 Å². The van der Waals surface area contributed by atoms with Crippen molar-refractivity contribution in [2.45, 2.75) is 94.7 Å². The second-order valence-electron chi connectivity index (χ2n) is 14.5. The van der Waals surface area contributed by atoms with E-state index in [1.807, 2.05) is 4.90 Å². The highest BCUT2D eigenvalue weighted by atomic mass is 16.6. The van der Waals surface area contributed by atoms with Crippen molar-refractivity contribution in [3.8, 4) is 11.1 Å². The van der Waals surface area contributed by atoms with Crippen LogP contribution in [-0.2, 0) is 25.9 Å². The molecule has 1 amide bonds. The number of fused-ring (bicyclic) bond motifs is 6. The van der Waals surface area contributed by atoms with E-state index in [0.29, 0.717) is 32.7 Å². The summed E-state index contributed by atoms with van der Waals surface area (Å²) in [5.74, 6) is 0.0184. The molecule has 0 radical (unpaired) electrons. The lowest BCUT2D eigenvalue weighted by Gasteiger charge is -2.51. The number of carbonyl (C=O) groups excluding carboxylic acids is 1. The predicted molar refractivity (Wildman–Crippen MR) is 165 cm³/mol. The fourth-order valence-electron chi connectivity index (χ4n) is 8.39. The number of aryl methyl sites for hydroxylation is 1. The average molecular weight is 566 g/mol. The molecule has 2 bridgehead atoms. The number of hydrogen-bond acceptors (Lipinski definition) is 4. The fraction of sp³-hybridized carbons (Fsp3) is 0.486. The van der Waals surface area contributed by atoms with Gasteiger partial charge in [0, 0.05) is 18.8 Å². The minimum atomic E-state index is -1.02. The zero-order valence-electron chi connectivity index (χ0n) is 25.6. The van der Waals surface area contributed by atoms with Gasteiger partial charge in [-0.3, -0.25) is 4.90 Å². The second kappa shape index (κ2) is 9.68. The zero-order chi connectivity index (χ0) is 29.4. The topological polar surface area (TPSA) is 59.0 Å². The Kier molecular flexibility index (Phi) is 6.38. The standard InChI is InChI=1S/C37H43NO4/c1-23-16-32-33(36(4,5)15-14-35(32,2)3)17-31(23)37(40)18-24-20-41-21-25(19-37)38(24)34(39)42-22-30-28-12-8-6-10-26(28)27-11-7-9-13-29(27)30/h6-13,16-17,24-25,30,40H,14-15,18-22H2,1-5H3. The Bertz CT molecular complexity index is 1500. The maximum atomic E-state index is 13.7. The molecular weight excluding hydrogens is 522 g/mol. The summed E-state index contributed by atoms with van der Waals surface area (Å²) in [6, 6.07) is 21.0. The molecule has 2 fully saturated rings. The molecule has 220 valence electrons. The van der Waals surface area contributed by atoms with Crippen molar-refractivity contribution in [3.05, 3.63) is 94.0 Å². The van der Waals surface area contributed by atoms with Crippen molar-refractivity contribution < 1.29 is 19.4 Å². The van der Waals surface area contributed by atoms with Gasteiger partial charge in [-0.1, -0.05) is 88.4 Å². The van der Waals surface area contributed by atoms with Crippen LogP contribution in [0.1, 0.15) is 92.7 Å². The molecule has 2 aliphatic heterocycles. The molecule has 0 aromatic heterocycles. The van der Waals surface area contributed by atoms with Gasteiger partial charge < -0.3 is 14.6 Å². The lowest BCUT2D eigenvalue weighted by Crippen LogP contribution is -2.62. The van der Waals surface area contributed by atoms with E-state index in [0.717, 1.165) is 24.0 Å². The molecular formula is C37H43NO4. The first-order valence-corrected chi connectivity index (χ1v) is 15.6. The number of hydrogen-bond donors (Lipinski definition) is 1. The molecule has 2 saturated heterocycles. The third-order valence-electron chi connectivity index (χ3n) is 10.8. The summed E-state index contributed by atoms with van der Waals surface area (Å²) in [5, 5.41) is 12.3. The Hall–Kier alpha value is -3.15. The predicted octanol–water partition coefficient (Wildman–Crippen LogP) is 7.34. The maximum Gasteiger partial charge on any atom is 0.410 e. The van der Waals surface area contributed by atoms with Crippen molar-refractivity contribution in [1.82, 2.24) is 4.90 Å². The molecule has 3 aromatic rings. The Balaban J connectivity index is 1.13. The van der Waals surface area contributed by atoms with E-state index in [2.05, 4.69) is 95.3 Å². The molecule has 1 N–H and O–H groups in total. The highest BCUT2D eigenvalue weighted by Crippen LogP contribution is 2.50. The van der Waals surface area contributed by atoms with E-state index in [1.165, 1.54) is 33.4 Å². The summed E-state index contributed by atoms with van der Waals surface area (Å²) in [4.78, 5) is 15.6. The van der Waals surface area contributed by atoms with Crippen LogP contribution in [0.3, 0.4) is 0 Å². The smallest absolute Gasteiger partial charge is 0.410 e. The summed E-state index contributed by atoms with van der Waals surface area (Å²) in [7, 11) is 0. The van der Waals surface area contributed by atoms with Gasteiger partial charge in [-0.05, 0) is 75.1 Å². The van der Waals surface area contributed by atoms with Gasteiger partial charge in [0.05, 0.1) is 30.9 Å². The van der Waals surface area contributed by atoms with Crippen LogP contribution in [-0.4, -0.2) is 48.0 Å². The number of carbonyl (C=O) groups is 1. The molecule has 0 spiro atoms. The van der Waals surface area contributed by atoms with Crippen LogP contribution in [0, 0.1) is 6.92 Å². The summed E-state index contributed by atoms with van der Waals surface area (Å²) in [6.07, 6.45) is 2.87. The molecule has 5 heteroatoms. The van der Waals surface area contributed by atoms with Crippen LogP contribution in [0.2, 0.25) is 0 Å². The molecule has 7 rings (SSSR count). The molecule has 4 aliphatic rings. The zero-order valence-corrected chi connectivity index (χ0v) is 25.6. The van der Waals surface area contributed by atoms with Crippen molar-refractivity contribution in [1.29, 1.82) is 0 Å². The molecule has 42 heavy (non-hydrogen) atoms. The van der Waals surface area contributed by atoms with E-state index < -0.39 is 5.60 Å². The SMILES string of the molecule is Cc1cc2c(cc1C1(O)CC3COCC(C1)N3C(=O)OCC1c3ccccc3-c3ccccc31)C(C)(C)CCC2(C)C. The van der Waals surface area contributed by atoms with Gasteiger partial charge >= 0.3 is 6.09 Å². The first-order chi connectivity index (χ1) is 20.0. The van der Waals surface area contributed by atoms with Crippen LogP contribution < -0.4 is 0 Å². The number of nitrogens with zero attached hydrogens (tertiary/aromatic N) is 1. The Morgan fingerprint density at radius 1 is 0.857 bits per heavy atom. The van der Waals surface area contributed by atoms with Gasteiger partial charge in [-0.15, -0.1) is 0 Å². The lowest BCUT2D eigenvalue weighted by molar-refractivity contribution is -0.136. The van der Waals surface area contributed by atoms with E-state index in [4.69, 9.17) is 9.47 Å². The molecule has 5 nitrogen and oxygen atoms in total.